The maximum absolute atomic E-state index is 10.5. The fraction of sp³-hybridized carbons (Fsp3) is 0.833. The van der Waals surface area contributed by atoms with E-state index in [9.17, 15) is 4.79 Å². The molecule has 1 atom stereocenters. The highest BCUT2D eigenvalue weighted by Gasteiger charge is 2.40. The van der Waals surface area contributed by atoms with Crippen molar-refractivity contribution in [2.24, 2.45) is 0 Å². The second-order valence-corrected chi connectivity index (χ2v) is 2.80. The van der Waals surface area contributed by atoms with E-state index in [1.807, 2.05) is 0 Å². The predicted octanol–water partition coefficient (Wildman–Crippen LogP) is 0.0728. The van der Waals surface area contributed by atoms with E-state index in [1.54, 1.807) is 13.8 Å². The average molecular weight is 130 g/mol. The zero-order valence-corrected chi connectivity index (χ0v) is 5.55. The quantitative estimate of drug-likeness (QED) is 0.472. The molecule has 1 aliphatic heterocycles. The third-order valence-electron chi connectivity index (χ3n) is 1.54. The van der Waals surface area contributed by atoms with Crippen LogP contribution in [-0.2, 0) is 9.53 Å². The number of carbonyl (C=O) groups excluding carboxylic acids is 1. The highest BCUT2D eigenvalue weighted by atomic mass is 16.6. The largest absolute Gasteiger partial charge is 0.457 e. The molecule has 0 amide bonds. The lowest BCUT2D eigenvalue weighted by atomic mass is 10.0. The van der Waals surface area contributed by atoms with Crippen LogP contribution in [0.1, 0.15) is 20.3 Å². The van der Waals surface area contributed by atoms with Crippen LogP contribution in [0.25, 0.3) is 0 Å². The average Bonchev–Trinajstić information content (AvgIpc) is 1.79. The van der Waals surface area contributed by atoms with Gasteiger partial charge in [0.15, 0.2) is 0 Å². The first-order valence-electron chi connectivity index (χ1n) is 2.92. The molecule has 0 aliphatic carbocycles. The first kappa shape index (κ1) is 6.55. The first-order chi connectivity index (χ1) is 4.02. The molecule has 3 nitrogen and oxygen atoms in total. The number of aliphatic hydroxyl groups excluding tert-OH is 1. The van der Waals surface area contributed by atoms with E-state index in [2.05, 4.69) is 0 Å². The molecule has 0 aromatic carbocycles. The van der Waals surface area contributed by atoms with E-state index in [0.717, 1.165) is 0 Å². The van der Waals surface area contributed by atoms with Crippen molar-refractivity contribution in [3.05, 3.63) is 0 Å². The fourth-order valence-corrected chi connectivity index (χ4v) is 0.807. The molecule has 1 heterocycles. The zero-order chi connectivity index (χ0) is 7.07. The summed E-state index contributed by atoms with van der Waals surface area (Å²) in [5, 5.41) is 9.08. The van der Waals surface area contributed by atoms with Gasteiger partial charge in [-0.05, 0) is 13.8 Å². The Bertz CT molecular complexity index is 139. The number of aliphatic hydroxyl groups is 1. The lowest BCUT2D eigenvalue weighted by Crippen LogP contribution is -2.31. The van der Waals surface area contributed by atoms with Crippen LogP contribution in [0.15, 0.2) is 0 Å². The van der Waals surface area contributed by atoms with E-state index >= 15 is 0 Å². The Morgan fingerprint density at radius 1 is 1.78 bits per heavy atom. The van der Waals surface area contributed by atoms with Gasteiger partial charge in [-0.25, -0.2) is 0 Å². The number of rotatable bonds is 0. The summed E-state index contributed by atoms with van der Waals surface area (Å²) >= 11 is 0. The summed E-state index contributed by atoms with van der Waals surface area (Å²) in [6.07, 6.45) is -0.502. The van der Waals surface area contributed by atoms with Gasteiger partial charge in [0.2, 0.25) is 0 Å². The van der Waals surface area contributed by atoms with Gasteiger partial charge in [-0.1, -0.05) is 0 Å². The van der Waals surface area contributed by atoms with Gasteiger partial charge in [-0.3, -0.25) is 4.79 Å². The molecule has 0 radical (unpaired) electrons. The number of carbonyl (C=O) groups is 1. The van der Waals surface area contributed by atoms with Gasteiger partial charge in [0.25, 0.3) is 0 Å². The van der Waals surface area contributed by atoms with E-state index in [-0.39, 0.29) is 12.4 Å². The van der Waals surface area contributed by atoms with Gasteiger partial charge < -0.3 is 9.84 Å². The fourth-order valence-electron chi connectivity index (χ4n) is 0.807. The standard InChI is InChI=1S/C6H10O3/c1-6(2)4(7)3-5(8)9-6/h4,7H,3H2,1-2H3/t4-/m1/s1. The number of hydrogen-bond acceptors (Lipinski definition) is 3. The number of esters is 1. The normalized spacial score (nSPS) is 32.3. The molecular weight excluding hydrogens is 120 g/mol. The molecule has 0 bridgehead atoms. The van der Waals surface area contributed by atoms with E-state index in [4.69, 9.17) is 9.84 Å². The molecule has 1 saturated heterocycles. The Kier molecular flexibility index (Phi) is 1.24. The molecule has 0 spiro atoms. The summed E-state index contributed by atoms with van der Waals surface area (Å²) in [7, 11) is 0. The second-order valence-electron chi connectivity index (χ2n) is 2.80. The lowest BCUT2D eigenvalue weighted by molar-refractivity contribution is -0.147. The van der Waals surface area contributed by atoms with Crippen LogP contribution in [0.2, 0.25) is 0 Å². The first-order valence-corrected chi connectivity index (χ1v) is 2.92. The van der Waals surface area contributed by atoms with E-state index in [1.165, 1.54) is 0 Å². The summed E-state index contributed by atoms with van der Waals surface area (Å²) in [4.78, 5) is 10.5. The molecule has 0 aromatic rings. The van der Waals surface area contributed by atoms with Gasteiger partial charge >= 0.3 is 5.97 Å². The smallest absolute Gasteiger partial charge is 0.309 e. The minimum absolute atomic E-state index is 0.132. The second kappa shape index (κ2) is 1.70. The Labute approximate surface area is 53.6 Å². The summed E-state index contributed by atoms with van der Waals surface area (Å²) < 4.78 is 4.77. The maximum Gasteiger partial charge on any atom is 0.309 e. The minimum Gasteiger partial charge on any atom is -0.457 e. The van der Waals surface area contributed by atoms with E-state index < -0.39 is 11.7 Å². The van der Waals surface area contributed by atoms with Crippen molar-refractivity contribution in [3.63, 3.8) is 0 Å². The maximum atomic E-state index is 10.5. The molecule has 0 unspecified atom stereocenters. The Balaban J connectivity index is 2.69. The Morgan fingerprint density at radius 2 is 2.33 bits per heavy atom. The van der Waals surface area contributed by atoms with Gasteiger partial charge in [0.05, 0.1) is 6.42 Å². The summed E-state index contributed by atoms with van der Waals surface area (Å²) in [6.45, 7) is 3.39. The SMILES string of the molecule is CC1(C)OC(=O)C[C@H]1O. The zero-order valence-electron chi connectivity index (χ0n) is 5.55. The topological polar surface area (TPSA) is 46.5 Å². The molecule has 9 heavy (non-hydrogen) atoms. The van der Waals surface area contributed by atoms with Crippen molar-refractivity contribution in [1.82, 2.24) is 0 Å². The van der Waals surface area contributed by atoms with Crippen molar-refractivity contribution in [2.45, 2.75) is 32.0 Å². The van der Waals surface area contributed by atoms with Gasteiger partial charge in [0.1, 0.15) is 11.7 Å². The molecule has 1 fully saturated rings. The molecule has 1 rings (SSSR count). The molecular formula is C6H10O3. The minimum atomic E-state index is -0.670. The summed E-state index contributed by atoms with van der Waals surface area (Å²) in [5.74, 6) is -0.312. The molecule has 3 heteroatoms. The van der Waals surface area contributed by atoms with Crippen LogP contribution < -0.4 is 0 Å². The van der Waals surface area contributed by atoms with Gasteiger partial charge in [0, 0.05) is 0 Å². The van der Waals surface area contributed by atoms with Crippen LogP contribution >= 0.6 is 0 Å². The summed E-state index contributed by atoms with van der Waals surface area (Å²) in [6, 6.07) is 0. The highest BCUT2D eigenvalue weighted by Crippen LogP contribution is 2.25. The third kappa shape index (κ3) is 1.05. The van der Waals surface area contributed by atoms with Crippen LogP contribution in [-0.4, -0.2) is 22.8 Å². The van der Waals surface area contributed by atoms with Gasteiger partial charge in [-0.15, -0.1) is 0 Å². The van der Waals surface area contributed by atoms with Crippen LogP contribution in [0.5, 0.6) is 0 Å². The molecule has 52 valence electrons. The third-order valence-corrected chi connectivity index (χ3v) is 1.54. The highest BCUT2D eigenvalue weighted by molar-refractivity contribution is 5.73. The van der Waals surface area contributed by atoms with Crippen molar-refractivity contribution in [3.8, 4) is 0 Å². The molecule has 0 saturated carbocycles. The van der Waals surface area contributed by atoms with E-state index in [0.29, 0.717) is 0 Å². The van der Waals surface area contributed by atoms with Crippen molar-refractivity contribution >= 4 is 5.97 Å². The van der Waals surface area contributed by atoms with Crippen LogP contribution in [0.4, 0.5) is 0 Å². The van der Waals surface area contributed by atoms with Crippen LogP contribution in [0.3, 0.4) is 0 Å². The Morgan fingerprint density at radius 3 is 2.44 bits per heavy atom. The predicted molar refractivity (Wildman–Crippen MR) is 30.8 cm³/mol. The van der Waals surface area contributed by atoms with Gasteiger partial charge in [-0.2, -0.15) is 0 Å². The molecule has 1 aliphatic rings. The van der Waals surface area contributed by atoms with Crippen molar-refractivity contribution in [2.75, 3.05) is 0 Å². The Hall–Kier alpha value is -0.570. The molecule has 1 N–H and O–H groups in total. The number of hydrogen-bond donors (Lipinski definition) is 1. The molecule has 0 aromatic heterocycles. The van der Waals surface area contributed by atoms with Crippen molar-refractivity contribution in [1.29, 1.82) is 0 Å². The van der Waals surface area contributed by atoms with Crippen molar-refractivity contribution < 1.29 is 14.6 Å². The lowest BCUT2D eigenvalue weighted by Gasteiger charge is -2.19. The number of cyclic esters (lactones) is 1. The number of ether oxygens (including phenoxy) is 1. The monoisotopic (exact) mass is 130 g/mol. The summed E-state index contributed by atoms with van der Waals surface area (Å²) in [5.41, 5.74) is -0.670. The van der Waals surface area contributed by atoms with Crippen LogP contribution in [0, 0.1) is 0 Å².